The van der Waals surface area contributed by atoms with E-state index in [4.69, 9.17) is 4.74 Å². The zero-order valence-electron chi connectivity index (χ0n) is 11.6. The molecule has 1 saturated heterocycles. The summed E-state index contributed by atoms with van der Waals surface area (Å²) in [6.07, 6.45) is 0. The Balaban J connectivity index is 1.97. The van der Waals surface area contributed by atoms with Crippen LogP contribution in [0.1, 0.15) is 48.4 Å². The van der Waals surface area contributed by atoms with Gasteiger partial charge in [-0.1, -0.05) is 12.1 Å². The first kappa shape index (κ1) is 12.4. The van der Waals surface area contributed by atoms with Crippen molar-refractivity contribution in [1.29, 1.82) is 0 Å². The molecule has 0 radical (unpaired) electrons. The monoisotopic (exact) mass is 259 g/mol. The van der Waals surface area contributed by atoms with Crippen molar-refractivity contribution in [1.82, 2.24) is 4.90 Å². The summed E-state index contributed by atoms with van der Waals surface area (Å²) < 4.78 is 5.72. The minimum atomic E-state index is -0.472. The van der Waals surface area contributed by atoms with Crippen molar-refractivity contribution in [3.05, 3.63) is 35.4 Å². The van der Waals surface area contributed by atoms with Crippen molar-refractivity contribution in [2.24, 2.45) is 0 Å². The number of hydrogen-bond acceptors (Lipinski definition) is 3. The first-order valence-electron chi connectivity index (χ1n) is 6.47. The molecule has 100 valence electrons. The molecule has 4 nitrogen and oxygen atoms in total. The molecular formula is C15H17NO3. The van der Waals surface area contributed by atoms with Crippen LogP contribution in [-0.4, -0.2) is 34.0 Å². The van der Waals surface area contributed by atoms with Crippen molar-refractivity contribution in [3.63, 3.8) is 0 Å². The highest BCUT2D eigenvalue weighted by Crippen LogP contribution is 2.51. The Hall–Kier alpha value is -1.68. The Kier molecular flexibility index (Phi) is 2.24. The van der Waals surface area contributed by atoms with Crippen LogP contribution in [-0.2, 0) is 4.74 Å². The number of imide groups is 1. The lowest BCUT2D eigenvalue weighted by Gasteiger charge is -2.27. The van der Waals surface area contributed by atoms with Gasteiger partial charge in [-0.25, -0.2) is 0 Å². The van der Waals surface area contributed by atoms with Gasteiger partial charge in [-0.2, -0.15) is 0 Å². The molecule has 2 aliphatic heterocycles. The molecule has 1 fully saturated rings. The van der Waals surface area contributed by atoms with Gasteiger partial charge in [0.05, 0.1) is 22.8 Å². The number of rotatable bonds is 2. The summed E-state index contributed by atoms with van der Waals surface area (Å²) in [5.41, 5.74) is 0.199. The van der Waals surface area contributed by atoms with Crippen molar-refractivity contribution >= 4 is 11.8 Å². The number of benzene rings is 1. The van der Waals surface area contributed by atoms with Crippen molar-refractivity contribution < 1.29 is 14.3 Å². The quantitative estimate of drug-likeness (QED) is 0.604. The maximum Gasteiger partial charge on any atom is 0.261 e. The molecule has 2 aliphatic rings. The Morgan fingerprint density at radius 1 is 1.05 bits per heavy atom. The van der Waals surface area contributed by atoms with Crippen LogP contribution in [0.25, 0.3) is 0 Å². The van der Waals surface area contributed by atoms with Gasteiger partial charge in [-0.05, 0) is 39.8 Å². The third-order valence-electron chi connectivity index (χ3n) is 4.63. The lowest BCUT2D eigenvalue weighted by atomic mass is 9.90. The van der Waals surface area contributed by atoms with Gasteiger partial charge in [0, 0.05) is 0 Å². The van der Waals surface area contributed by atoms with Gasteiger partial charge in [0.2, 0.25) is 0 Å². The number of ether oxygens (including phenoxy) is 1. The molecule has 1 aromatic carbocycles. The van der Waals surface area contributed by atoms with E-state index < -0.39 is 5.60 Å². The Bertz CT molecular complexity index is 558. The van der Waals surface area contributed by atoms with E-state index in [-0.39, 0.29) is 23.5 Å². The SMILES string of the molecule is CC(N1C(=O)c2ccccc2C1=O)C1(C)OC1(C)C. The Labute approximate surface area is 112 Å². The highest BCUT2D eigenvalue weighted by atomic mass is 16.6. The predicted octanol–water partition coefficient (Wildman–Crippen LogP) is 2.24. The highest BCUT2D eigenvalue weighted by molar-refractivity contribution is 6.21. The van der Waals surface area contributed by atoms with Crippen LogP contribution in [0.4, 0.5) is 0 Å². The summed E-state index contributed by atoms with van der Waals surface area (Å²) in [6, 6.07) is 6.66. The summed E-state index contributed by atoms with van der Waals surface area (Å²) in [5.74, 6) is -0.443. The summed E-state index contributed by atoms with van der Waals surface area (Å²) in [6.45, 7) is 7.76. The van der Waals surface area contributed by atoms with Crippen LogP contribution in [0.15, 0.2) is 24.3 Å². The van der Waals surface area contributed by atoms with Gasteiger partial charge in [-0.15, -0.1) is 0 Å². The second kappa shape index (κ2) is 3.45. The van der Waals surface area contributed by atoms with E-state index in [0.29, 0.717) is 11.1 Å². The average molecular weight is 259 g/mol. The lowest BCUT2D eigenvalue weighted by molar-refractivity contribution is 0.0520. The summed E-state index contributed by atoms with van der Waals surface area (Å²) in [5, 5.41) is 0. The Morgan fingerprint density at radius 2 is 1.47 bits per heavy atom. The third kappa shape index (κ3) is 1.43. The molecule has 0 N–H and O–H groups in total. The standard InChI is InChI=1S/C15H17NO3/c1-9(15(4)14(2,3)19-15)16-12(17)10-7-5-6-8-11(10)13(16)18/h5-9H,1-4H3. The average Bonchev–Trinajstić information content (AvgIpc) is 2.78. The van der Waals surface area contributed by atoms with Crippen molar-refractivity contribution in [2.75, 3.05) is 0 Å². The Morgan fingerprint density at radius 3 is 1.84 bits per heavy atom. The lowest BCUT2D eigenvalue weighted by Crippen LogP contribution is -2.47. The number of hydrogen-bond donors (Lipinski definition) is 0. The number of amides is 2. The first-order chi connectivity index (χ1) is 8.79. The van der Waals surface area contributed by atoms with E-state index in [1.807, 2.05) is 27.7 Å². The smallest absolute Gasteiger partial charge is 0.261 e. The zero-order valence-corrected chi connectivity index (χ0v) is 11.6. The van der Waals surface area contributed by atoms with E-state index in [2.05, 4.69) is 0 Å². The van der Waals surface area contributed by atoms with Crippen LogP contribution in [0, 0.1) is 0 Å². The molecule has 2 amide bonds. The van der Waals surface area contributed by atoms with Gasteiger partial charge in [-0.3, -0.25) is 14.5 Å². The van der Waals surface area contributed by atoms with Gasteiger partial charge >= 0.3 is 0 Å². The fourth-order valence-electron chi connectivity index (χ4n) is 2.90. The van der Waals surface area contributed by atoms with Gasteiger partial charge in [0.25, 0.3) is 11.8 Å². The normalized spacial score (nSPS) is 29.4. The minimum Gasteiger partial charge on any atom is -0.361 e. The molecule has 19 heavy (non-hydrogen) atoms. The molecule has 3 rings (SSSR count). The molecular weight excluding hydrogens is 242 g/mol. The van der Waals surface area contributed by atoms with E-state index in [0.717, 1.165) is 0 Å². The molecule has 0 aromatic heterocycles. The second-order valence-electron chi connectivity index (χ2n) is 5.92. The molecule has 2 heterocycles. The predicted molar refractivity (Wildman–Crippen MR) is 70.0 cm³/mol. The highest BCUT2D eigenvalue weighted by Gasteiger charge is 2.66. The van der Waals surface area contributed by atoms with E-state index in [1.54, 1.807) is 24.3 Å². The number of carbonyl (C=O) groups excluding carboxylic acids is 2. The molecule has 2 atom stereocenters. The van der Waals surface area contributed by atoms with Crippen molar-refractivity contribution in [2.45, 2.75) is 44.9 Å². The van der Waals surface area contributed by atoms with Crippen LogP contribution in [0.5, 0.6) is 0 Å². The maximum absolute atomic E-state index is 12.4. The van der Waals surface area contributed by atoms with Crippen LogP contribution in [0.3, 0.4) is 0 Å². The van der Waals surface area contributed by atoms with Gasteiger partial charge in [0.1, 0.15) is 5.60 Å². The largest absolute Gasteiger partial charge is 0.361 e. The van der Waals surface area contributed by atoms with E-state index in [9.17, 15) is 9.59 Å². The maximum atomic E-state index is 12.4. The molecule has 2 unspecified atom stereocenters. The van der Waals surface area contributed by atoms with Crippen LogP contribution >= 0.6 is 0 Å². The topological polar surface area (TPSA) is 49.9 Å². The first-order valence-corrected chi connectivity index (χ1v) is 6.47. The fraction of sp³-hybridized carbons (Fsp3) is 0.467. The molecule has 0 saturated carbocycles. The third-order valence-corrected chi connectivity index (χ3v) is 4.63. The van der Waals surface area contributed by atoms with Gasteiger partial charge in [0.15, 0.2) is 0 Å². The minimum absolute atomic E-state index is 0.222. The zero-order chi connectivity index (χ0) is 14.0. The summed E-state index contributed by atoms with van der Waals surface area (Å²) in [7, 11) is 0. The van der Waals surface area contributed by atoms with Crippen molar-refractivity contribution in [3.8, 4) is 0 Å². The molecule has 0 spiro atoms. The molecule has 0 bridgehead atoms. The number of nitrogens with zero attached hydrogens (tertiary/aromatic N) is 1. The second-order valence-corrected chi connectivity index (χ2v) is 5.92. The summed E-state index contributed by atoms with van der Waals surface area (Å²) in [4.78, 5) is 26.1. The molecule has 1 aromatic rings. The fourth-order valence-corrected chi connectivity index (χ4v) is 2.90. The number of carbonyl (C=O) groups is 2. The van der Waals surface area contributed by atoms with Crippen LogP contribution in [0.2, 0.25) is 0 Å². The van der Waals surface area contributed by atoms with Crippen LogP contribution < -0.4 is 0 Å². The molecule has 4 heteroatoms. The van der Waals surface area contributed by atoms with Gasteiger partial charge < -0.3 is 4.74 Å². The molecule has 0 aliphatic carbocycles. The summed E-state index contributed by atoms with van der Waals surface area (Å²) >= 11 is 0. The number of epoxide rings is 1. The van der Waals surface area contributed by atoms with E-state index >= 15 is 0 Å². The number of fused-ring (bicyclic) bond motifs is 1. The van der Waals surface area contributed by atoms with E-state index in [1.165, 1.54) is 4.90 Å².